The van der Waals surface area contributed by atoms with Gasteiger partial charge in [0.1, 0.15) is 18.1 Å². The largest absolute Gasteiger partial charge is 0.495 e. The van der Waals surface area contributed by atoms with Crippen LogP contribution in [-0.4, -0.2) is 53.5 Å². The molecule has 1 atom stereocenters. The minimum absolute atomic E-state index is 0.0226. The summed E-state index contributed by atoms with van der Waals surface area (Å²) in [6.07, 6.45) is 2.30. The van der Waals surface area contributed by atoms with Gasteiger partial charge in [-0.2, -0.15) is 0 Å². The molecule has 0 saturated carbocycles. The van der Waals surface area contributed by atoms with E-state index in [-0.39, 0.29) is 24.3 Å². The number of carbonyl (C=O) groups excluding carboxylic acids is 2. The molecule has 1 fully saturated rings. The van der Waals surface area contributed by atoms with Gasteiger partial charge in [-0.25, -0.2) is 4.98 Å². The quantitative estimate of drug-likeness (QED) is 0.489. The molecule has 2 amide bonds. The van der Waals surface area contributed by atoms with Gasteiger partial charge >= 0.3 is 0 Å². The standard InChI is InChI=1S/C25H29ClN4O3/c1-4-5-12-28(2)24(32)16-30-20-9-7-6-8-19(20)27-25(30)17-13-23(31)29(15-17)21-14-18(26)10-11-22(21)33-3/h6-11,14,17H,4-5,12-13,15-16H2,1-3H3. The molecule has 1 unspecified atom stereocenters. The average Bonchev–Trinajstić information content (AvgIpc) is 3.37. The number of para-hydroxylation sites is 2. The number of nitrogens with zero attached hydrogens (tertiary/aromatic N) is 4. The summed E-state index contributed by atoms with van der Waals surface area (Å²) < 4.78 is 7.43. The van der Waals surface area contributed by atoms with E-state index in [1.165, 1.54) is 0 Å². The van der Waals surface area contributed by atoms with Crippen LogP contribution in [0, 0.1) is 0 Å². The van der Waals surface area contributed by atoms with Crippen LogP contribution in [0.1, 0.15) is 37.9 Å². The fourth-order valence-electron chi connectivity index (χ4n) is 4.34. The van der Waals surface area contributed by atoms with Crippen LogP contribution in [0.25, 0.3) is 11.0 Å². The summed E-state index contributed by atoms with van der Waals surface area (Å²) in [5.74, 6) is 1.21. The van der Waals surface area contributed by atoms with Crippen LogP contribution in [0.2, 0.25) is 5.02 Å². The molecule has 2 aromatic carbocycles. The molecule has 1 aliphatic heterocycles. The zero-order chi connectivity index (χ0) is 23.5. The lowest BCUT2D eigenvalue weighted by atomic mass is 10.1. The SMILES string of the molecule is CCCCN(C)C(=O)Cn1c(C2CC(=O)N(c3cc(Cl)ccc3OC)C2)nc2ccccc21. The second-order valence-corrected chi connectivity index (χ2v) is 8.87. The normalized spacial score (nSPS) is 15.9. The number of hydrogen-bond donors (Lipinski definition) is 0. The Morgan fingerprint density at radius 3 is 2.82 bits per heavy atom. The number of aromatic nitrogens is 2. The first kappa shape index (κ1) is 23.1. The minimum atomic E-state index is -0.151. The lowest BCUT2D eigenvalue weighted by Gasteiger charge is -2.21. The van der Waals surface area contributed by atoms with Gasteiger partial charge in [-0.1, -0.05) is 37.1 Å². The van der Waals surface area contributed by atoms with Crippen LogP contribution in [0.3, 0.4) is 0 Å². The fourth-order valence-corrected chi connectivity index (χ4v) is 4.50. The molecule has 2 heterocycles. The van der Waals surface area contributed by atoms with Gasteiger partial charge in [-0.15, -0.1) is 0 Å². The molecule has 0 aliphatic carbocycles. The summed E-state index contributed by atoms with van der Waals surface area (Å²) in [5.41, 5.74) is 2.37. The number of carbonyl (C=O) groups is 2. The van der Waals surface area contributed by atoms with Crippen molar-refractivity contribution in [1.29, 1.82) is 0 Å². The molecule has 1 aromatic heterocycles. The predicted octanol–water partition coefficient (Wildman–Crippen LogP) is 4.48. The van der Waals surface area contributed by atoms with Gasteiger partial charge < -0.3 is 19.1 Å². The van der Waals surface area contributed by atoms with E-state index in [2.05, 4.69) is 6.92 Å². The van der Waals surface area contributed by atoms with E-state index in [1.807, 2.05) is 35.9 Å². The van der Waals surface area contributed by atoms with E-state index in [0.29, 0.717) is 29.4 Å². The third kappa shape index (κ3) is 4.69. The number of benzene rings is 2. The summed E-state index contributed by atoms with van der Waals surface area (Å²) >= 11 is 6.20. The topological polar surface area (TPSA) is 67.7 Å². The van der Waals surface area contributed by atoms with Crippen LogP contribution in [0.4, 0.5) is 5.69 Å². The van der Waals surface area contributed by atoms with Crippen molar-refractivity contribution >= 4 is 40.1 Å². The van der Waals surface area contributed by atoms with E-state index in [4.69, 9.17) is 21.3 Å². The first-order valence-electron chi connectivity index (χ1n) is 11.3. The molecule has 0 radical (unpaired) electrons. The second kappa shape index (κ2) is 9.83. The highest BCUT2D eigenvalue weighted by atomic mass is 35.5. The van der Waals surface area contributed by atoms with Crippen molar-refractivity contribution in [1.82, 2.24) is 14.5 Å². The summed E-state index contributed by atoms with van der Waals surface area (Å²) in [5, 5.41) is 0.537. The number of rotatable bonds is 8. The highest BCUT2D eigenvalue weighted by Crippen LogP contribution is 2.38. The summed E-state index contributed by atoms with van der Waals surface area (Å²) in [6, 6.07) is 13.0. The fraction of sp³-hybridized carbons (Fsp3) is 0.400. The second-order valence-electron chi connectivity index (χ2n) is 8.44. The van der Waals surface area contributed by atoms with Gasteiger partial charge in [0, 0.05) is 37.5 Å². The average molecular weight is 469 g/mol. The first-order valence-corrected chi connectivity index (χ1v) is 11.6. The number of unbranched alkanes of at least 4 members (excludes halogenated alkanes) is 1. The van der Waals surface area contributed by atoms with E-state index < -0.39 is 0 Å². The molecular weight excluding hydrogens is 440 g/mol. The van der Waals surface area contributed by atoms with Crippen molar-refractivity contribution < 1.29 is 14.3 Å². The molecule has 174 valence electrons. The van der Waals surface area contributed by atoms with E-state index >= 15 is 0 Å². The predicted molar refractivity (Wildman–Crippen MR) is 130 cm³/mol. The van der Waals surface area contributed by atoms with E-state index in [1.54, 1.807) is 35.1 Å². The van der Waals surface area contributed by atoms with Crippen molar-refractivity contribution in [3.8, 4) is 5.75 Å². The number of halogens is 1. The summed E-state index contributed by atoms with van der Waals surface area (Å²) in [4.78, 5) is 34.3. The number of amides is 2. The van der Waals surface area contributed by atoms with Gasteiger partial charge in [0.2, 0.25) is 11.8 Å². The third-order valence-electron chi connectivity index (χ3n) is 6.17. The van der Waals surface area contributed by atoms with Crippen LogP contribution in [0.5, 0.6) is 5.75 Å². The minimum Gasteiger partial charge on any atom is -0.495 e. The Labute approximate surface area is 198 Å². The van der Waals surface area contributed by atoms with Crippen LogP contribution in [-0.2, 0) is 16.1 Å². The molecule has 0 N–H and O–H groups in total. The third-order valence-corrected chi connectivity index (χ3v) is 6.41. The molecule has 0 bridgehead atoms. The molecule has 8 heteroatoms. The first-order chi connectivity index (χ1) is 15.9. The van der Waals surface area contributed by atoms with Crippen molar-refractivity contribution in [3.05, 3.63) is 53.3 Å². The molecule has 1 saturated heterocycles. The molecule has 7 nitrogen and oxygen atoms in total. The molecule has 4 rings (SSSR count). The molecule has 3 aromatic rings. The molecule has 33 heavy (non-hydrogen) atoms. The van der Waals surface area contributed by atoms with Gasteiger partial charge in [0.25, 0.3) is 0 Å². The Morgan fingerprint density at radius 2 is 2.06 bits per heavy atom. The number of imidazole rings is 1. The van der Waals surface area contributed by atoms with Gasteiger partial charge in [-0.05, 0) is 36.8 Å². The number of likely N-dealkylation sites (N-methyl/N-ethyl adjacent to an activating group) is 1. The van der Waals surface area contributed by atoms with Crippen molar-refractivity contribution in [2.75, 3.05) is 32.1 Å². The maximum atomic E-state index is 13.0. The Balaban J connectivity index is 1.66. The Bertz CT molecular complexity index is 1180. The van der Waals surface area contributed by atoms with Crippen LogP contribution >= 0.6 is 11.6 Å². The van der Waals surface area contributed by atoms with Gasteiger partial charge in [0.15, 0.2) is 0 Å². The summed E-state index contributed by atoms with van der Waals surface area (Å²) in [6.45, 7) is 3.47. The number of hydrogen-bond acceptors (Lipinski definition) is 4. The van der Waals surface area contributed by atoms with Crippen LogP contribution in [0.15, 0.2) is 42.5 Å². The van der Waals surface area contributed by atoms with Crippen LogP contribution < -0.4 is 9.64 Å². The van der Waals surface area contributed by atoms with Crippen molar-refractivity contribution in [3.63, 3.8) is 0 Å². The lowest BCUT2D eigenvalue weighted by Crippen LogP contribution is -2.32. The molecule has 0 spiro atoms. The number of methoxy groups -OCH3 is 1. The Morgan fingerprint density at radius 1 is 1.27 bits per heavy atom. The smallest absolute Gasteiger partial charge is 0.242 e. The monoisotopic (exact) mass is 468 g/mol. The maximum absolute atomic E-state index is 13.0. The highest BCUT2D eigenvalue weighted by Gasteiger charge is 2.36. The number of ether oxygens (including phenoxy) is 1. The lowest BCUT2D eigenvalue weighted by molar-refractivity contribution is -0.130. The zero-order valence-electron chi connectivity index (χ0n) is 19.3. The van der Waals surface area contributed by atoms with Crippen molar-refractivity contribution in [2.45, 2.75) is 38.6 Å². The molecule has 1 aliphatic rings. The zero-order valence-corrected chi connectivity index (χ0v) is 20.0. The van der Waals surface area contributed by atoms with Gasteiger partial charge in [0.05, 0.1) is 23.8 Å². The Hall–Kier alpha value is -3.06. The maximum Gasteiger partial charge on any atom is 0.242 e. The summed E-state index contributed by atoms with van der Waals surface area (Å²) in [7, 11) is 3.41. The van der Waals surface area contributed by atoms with Crippen molar-refractivity contribution in [2.24, 2.45) is 0 Å². The van der Waals surface area contributed by atoms with E-state index in [0.717, 1.165) is 36.2 Å². The molecular formula is C25H29ClN4O3. The highest BCUT2D eigenvalue weighted by molar-refractivity contribution is 6.31. The Kier molecular flexibility index (Phi) is 6.88. The number of anilines is 1. The van der Waals surface area contributed by atoms with Gasteiger partial charge in [-0.3, -0.25) is 9.59 Å². The van der Waals surface area contributed by atoms with E-state index in [9.17, 15) is 9.59 Å². The number of fused-ring (bicyclic) bond motifs is 1.